The maximum absolute atomic E-state index is 13.0. The molecule has 0 spiro atoms. The molecule has 6 heteroatoms. The highest BCUT2D eigenvalue weighted by molar-refractivity contribution is 6.24. The molecule has 0 saturated heterocycles. The predicted molar refractivity (Wildman–Crippen MR) is 120 cm³/mol. The van der Waals surface area contributed by atoms with Crippen LogP contribution in [0.1, 0.15) is 43.0 Å². The lowest BCUT2D eigenvalue weighted by Crippen LogP contribution is -2.36. The number of hydrogen-bond donors (Lipinski definition) is 1. The molecule has 6 nitrogen and oxygen atoms in total. The third kappa shape index (κ3) is 2.38. The molecule has 3 aliphatic rings. The number of carbonyl (C=O) groups is 2. The Morgan fingerprint density at radius 2 is 1.12 bits per heavy atom. The lowest BCUT2D eigenvalue weighted by Gasteiger charge is -2.31. The fourth-order valence-electron chi connectivity index (χ4n) is 5.57. The zero-order valence-electron chi connectivity index (χ0n) is 18.0. The third-order valence-electron chi connectivity index (χ3n) is 7.02. The number of aryl methyl sites for hydroxylation is 2. The van der Waals surface area contributed by atoms with Crippen molar-refractivity contribution >= 4 is 11.8 Å². The first-order chi connectivity index (χ1) is 15.5. The van der Waals surface area contributed by atoms with Gasteiger partial charge in [0.1, 0.15) is 11.5 Å². The number of fused-ring (bicyclic) bond motifs is 10. The van der Waals surface area contributed by atoms with E-state index in [1.807, 2.05) is 12.1 Å². The lowest BCUT2D eigenvalue weighted by atomic mass is 9.72. The molecular formula is C26H22N2O4. The molecule has 0 aromatic heterocycles. The Balaban J connectivity index is 1.74. The van der Waals surface area contributed by atoms with E-state index in [0.717, 1.165) is 62.7 Å². The summed E-state index contributed by atoms with van der Waals surface area (Å²) < 4.78 is 10.9. The Morgan fingerprint density at radius 3 is 1.53 bits per heavy atom. The number of hydrogen-bond acceptors (Lipinski definition) is 5. The Bertz CT molecular complexity index is 1260. The Labute approximate surface area is 185 Å². The number of amides is 2. The quantitative estimate of drug-likeness (QED) is 0.384. The summed E-state index contributed by atoms with van der Waals surface area (Å²) in [5.41, 5.74) is 9.46. The van der Waals surface area contributed by atoms with Crippen molar-refractivity contribution in [1.29, 1.82) is 0 Å². The molecule has 160 valence electrons. The van der Waals surface area contributed by atoms with Crippen LogP contribution >= 0.6 is 0 Å². The van der Waals surface area contributed by atoms with Crippen molar-refractivity contribution in [2.24, 2.45) is 5.84 Å². The number of nitrogens with two attached hydrogens (primary N) is 1. The maximum Gasteiger partial charge on any atom is 0.276 e. The van der Waals surface area contributed by atoms with E-state index in [1.54, 1.807) is 14.2 Å². The zero-order valence-corrected chi connectivity index (χ0v) is 18.0. The van der Waals surface area contributed by atoms with Crippen LogP contribution in [0.5, 0.6) is 11.5 Å². The number of imide groups is 1. The summed E-state index contributed by atoms with van der Waals surface area (Å²) in [6.45, 7) is 0. The minimum atomic E-state index is -0.401. The molecule has 2 N–H and O–H groups in total. The van der Waals surface area contributed by atoms with E-state index in [2.05, 4.69) is 24.3 Å². The number of hydrazine groups is 1. The van der Waals surface area contributed by atoms with Crippen molar-refractivity contribution in [3.8, 4) is 33.8 Å². The van der Waals surface area contributed by atoms with Crippen molar-refractivity contribution in [3.05, 3.63) is 69.8 Å². The van der Waals surface area contributed by atoms with Gasteiger partial charge in [-0.05, 0) is 94.5 Å². The monoisotopic (exact) mass is 426 g/mol. The molecule has 1 aliphatic heterocycles. The van der Waals surface area contributed by atoms with E-state index in [-0.39, 0.29) is 0 Å². The van der Waals surface area contributed by atoms with Gasteiger partial charge in [0.25, 0.3) is 11.8 Å². The zero-order chi connectivity index (χ0) is 22.1. The van der Waals surface area contributed by atoms with Crippen molar-refractivity contribution in [3.63, 3.8) is 0 Å². The average molecular weight is 426 g/mol. The minimum absolute atomic E-state index is 0.401. The lowest BCUT2D eigenvalue weighted by molar-refractivity contribution is 0.0653. The Hall–Kier alpha value is -3.64. The predicted octanol–water partition coefficient (Wildman–Crippen LogP) is 3.70. The van der Waals surface area contributed by atoms with E-state index in [9.17, 15) is 9.59 Å². The average Bonchev–Trinajstić information content (AvgIpc) is 3.06. The first-order valence-corrected chi connectivity index (χ1v) is 10.7. The number of carbonyl (C=O) groups excluding carboxylic acids is 2. The highest BCUT2D eigenvalue weighted by atomic mass is 16.5. The number of benzene rings is 3. The highest BCUT2D eigenvalue weighted by Gasteiger charge is 2.43. The first kappa shape index (κ1) is 19.1. The van der Waals surface area contributed by atoms with Gasteiger partial charge in [0.2, 0.25) is 0 Å². The summed E-state index contributed by atoms with van der Waals surface area (Å²) in [6.07, 6.45) is 2.88. The molecule has 3 aromatic rings. The van der Waals surface area contributed by atoms with Gasteiger partial charge in [0.05, 0.1) is 25.3 Å². The molecule has 0 bridgehead atoms. The number of rotatable bonds is 2. The van der Waals surface area contributed by atoms with Crippen LogP contribution in [0.15, 0.2) is 36.4 Å². The molecule has 1 heterocycles. The van der Waals surface area contributed by atoms with E-state index in [4.69, 9.17) is 15.3 Å². The van der Waals surface area contributed by atoms with E-state index in [1.165, 1.54) is 11.1 Å². The second-order valence-electron chi connectivity index (χ2n) is 8.48. The summed E-state index contributed by atoms with van der Waals surface area (Å²) >= 11 is 0. The van der Waals surface area contributed by atoms with Crippen LogP contribution in [-0.4, -0.2) is 31.0 Å². The molecule has 0 unspecified atom stereocenters. The molecule has 3 aromatic carbocycles. The van der Waals surface area contributed by atoms with Crippen LogP contribution < -0.4 is 15.3 Å². The molecular weight excluding hydrogens is 404 g/mol. The topological polar surface area (TPSA) is 81.9 Å². The van der Waals surface area contributed by atoms with Gasteiger partial charge in [-0.2, -0.15) is 0 Å². The van der Waals surface area contributed by atoms with E-state index < -0.39 is 11.8 Å². The summed E-state index contributed by atoms with van der Waals surface area (Å²) in [5.74, 6) is 6.73. The van der Waals surface area contributed by atoms with Gasteiger partial charge in [-0.25, -0.2) is 10.9 Å². The first-order valence-electron chi connectivity index (χ1n) is 10.7. The van der Waals surface area contributed by atoms with Gasteiger partial charge in [0.15, 0.2) is 0 Å². The fraction of sp³-hybridized carbons (Fsp3) is 0.231. The van der Waals surface area contributed by atoms with Crippen molar-refractivity contribution in [2.75, 3.05) is 14.2 Å². The largest absolute Gasteiger partial charge is 0.497 e. The number of ether oxygens (including phenoxy) is 2. The van der Waals surface area contributed by atoms with Crippen molar-refractivity contribution in [1.82, 2.24) is 5.01 Å². The van der Waals surface area contributed by atoms with Gasteiger partial charge in [-0.1, -0.05) is 12.1 Å². The fourth-order valence-corrected chi connectivity index (χ4v) is 5.57. The second kappa shape index (κ2) is 6.68. The molecule has 2 amide bonds. The summed E-state index contributed by atoms with van der Waals surface area (Å²) in [5, 5.41) is 0.776. The van der Waals surface area contributed by atoms with Crippen LogP contribution in [-0.2, 0) is 25.7 Å². The van der Waals surface area contributed by atoms with Crippen LogP contribution in [0, 0.1) is 0 Å². The van der Waals surface area contributed by atoms with Gasteiger partial charge in [-0.3, -0.25) is 9.59 Å². The molecule has 32 heavy (non-hydrogen) atoms. The van der Waals surface area contributed by atoms with Crippen molar-refractivity contribution < 1.29 is 19.1 Å². The van der Waals surface area contributed by atoms with Crippen LogP contribution in [0.2, 0.25) is 0 Å². The second-order valence-corrected chi connectivity index (χ2v) is 8.48. The third-order valence-corrected chi connectivity index (χ3v) is 7.02. The molecule has 0 radical (unpaired) electrons. The normalized spacial score (nSPS) is 15.5. The SMILES string of the molecule is COc1ccc2c(c1)CCc1c3c(c4c(c1-2)-c1ccc(OC)cc1CC4)C(=O)N(N)C3=O. The van der Waals surface area contributed by atoms with Gasteiger partial charge < -0.3 is 9.47 Å². The van der Waals surface area contributed by atoms with Gasteiger partial charge in [0, 0.05) is 0 Å². The van der Waals surface area contributed by atoms with Crippen molar-refractivity contribution in [2.45, 2.75) is 25.7 Å². The summed E-state index contributed by atoms with van der Waals surface area (Å²) in [6, 6.07) is 12.2. The molecule has 0 atom stereocenters. The van der Waals surface area contributed by atoms with E-state index in [0.29, 0.717) is 24.0 Å². The number of nitrogens with zero attached hydrogens (tertiary/aromatic N) is 1. The molecule has 0 saturated carbocycles. The van der Waals surface area contributed by atoms with Gasteiger partial charge >= 0.3 is 0 Å². The van der Waals surface area contributed by atoms with Gasteiger partial charge in [-0.15, -0.1) is 0 Å². The summed E-state index contributed by atoms with van der Waals surface area (Å²) in [4.78, 5) is 26.1. The Kier molecular flexibility index (Phi) is 3.98. The molecule has 2 aliphatic carbocycles. The molecule has 6 rings (SSSR count). The maximum atomic E-state index is 13.0. The minimum Gasteiger partial charge on any atom is -0.497 e. The van der Waals surface area contributed by atoms with E-state index >= 15 is 0 Å². The molecule has 0 fully saturated rings. The Morgan fingerprint density at radius 1 is 0.688 bits per heavy atom. The highest BCUT2D eigenvalue weighted by Crippen LogP contribution is 2.51. The summed E-state index contributed by atoms with van der Waals surface area (Å²) in [7, 11) is 3.33. The van der Waals surface area contributed by atoms with Crippen LogP contribution in [0.3, 0.4) is 0 Å². The standard InChI is InChI=1S/C26H22N2O4/c1-31-15-5-9-17-13(11-15)3-7-19-21(17)22-18-10-6-16(32-2)12-14(18)4-8-20(22)24-23(19)25(29)28(27)26(24)30/h5-6,9-12H,3-4,7-8,27H2,1-2H3. The number of methoxy groups -OCH3 is 2. The smallest absolute Gasteiger partial charge is 0.276 e. The van der Waals surface area contributed by atoms with Crippen LogP contribution in [0.4, 0.5) is 0 Å². The van der Waals surface area contributed by atoms with Crippen LogP contribution in [0.25, 0.3) is 22.3 Å².